The van der Waals surface area contributed by atoms with E-state index >= 15 is 0 Å². The summed E-state index contributed by atoms with van der Waals surface area (Å²) < 4.78 is 26.8. The largest absolute Gasteiger partial charge is 0.325 e. The first-order chi connectivity index (χ1) is 11.8. The maximum absolute atomic E-state index is 12.8. The molecule has 0 fully saturated rings. The Labute approximate surface area is 153 Å². The minimum absolute atomic E-state index is 0.0807. The summed E-state index contributed by atoms with van der Waals surface area (Å²) >= 11 is 5.90. The number of hydrogen-bond donors (Lipinski definition) is 1. The molecular formula is C18H21ClN2O3S. The summed E-state index contributed by atoms with van der Waals surface area (Å²) in [7, 11) is -3.80. The van der Waals surface area contributed by atoms with Crippen LogP contribution in [-0.2, 0) is 14.8 Å². The number of halogens is 1. The molecule has 0 heterocycles. The summed E-state index contributed by atoms with van der Waals surface area (Å²) in [5.74, 6) is -0.381. The van der Waals surface area contributed by atoms with Crippen LogP contribution in [0.5, 0.6) is 0 Å². The van der Waals surface area contributed by atoms with Crippen LogP contribution in [0.4, 0.5) is 5.69 Å². The van der Waals surface area contributed by atoms with Gasteiger partial charge < -0.3 is 5.32 Å². The lowest BCUT2D eigenvalue weighted by atomic mass is 10.2. The van der Waals surface area contributed by atoms with Gasteiger partial charge in [0.1, 0.15) is 0 Å². The van der Waals surface area contributed by atoms with Crippen LogP contribution in [0.25, 0.3) is 0 Å². The molecule has 0 bridgehead atoms. The van der Waals surface area contributed by atoms with Crippen LogP contribution in [0.15, 0.2) is 53.4 Å². The van der Waals surface area contributed by atoms with Gasteiger partial charge in [-0.25, -0.2) is 8.42 Å². The molecule has 25 heavy (non-hydrogen) atoms. The maximum atomic E-state index is 12.8. The lowest BCUT2D eigenvalue weighted by molar-refractivity contribution is -0.116. The predicted molar refractivity (Wildman–Crippen MR) is 100 cm³/mol. The molecule has 1 amide bonds. The summed E-state index contributed by atoms with van der Waals surface area (Å²) in [5, 5.41) is 3.10. The molecule has 2 aromatic carbocycles. The molecule has 5 nitrogen and oxygen atoms in total. The SMILES string of the molecule is CCCN(CC(=O)Nc1ccccc1C)S(=O)(=O)c1cccc(Cl)c1. The third kappa shape index (κ3) is 5.04. The highest BCUT2D eigenvalue weighted by Gasteiger charge is 2.26. The molecule has 0 atom stereocenters. The van der Waals surface area contributed by atoms with Crippen molar-refractivity contribution in [3.63, 3.8) is 0 Å². The van der Waals surface area contributed by atoms with Crippen LogP contribution in [-0.4, -0.2) is 31.7 Å². The Balaban J connectivity index is 2.20. The van der Waals surface area contributed by atoms with Gasteiger partial charge >= 0.3 is 0 Å². The van der Waals surface area contributed by atoms with Gasteiger partial charge in [0.25, 0.3) is 0 Å². The highest BCUT2D eigenvalue weighted by Crippen LogP contribution is 2.20. The lowest BCUT2D eigenvalue weighted by Crippen LogP contribution is -2.38. The van der Waals surface area contributed by atoms with Gasteiger partial charge in [-0.1, -0.05) is 42.8 Å². The van der Waals surface area contributed by atoms with Crippen molar-refractivity contribution in [2.75, 3.05) is 18.4 Å². The van der Waals surface area contributed by atoms with Crippen molar-refractivity contribution in [3.8, 4) is 0 Å². The number of hydrogen-bond acceptors (Lipinski definition) is 3. The number of nitrogens with zero attached hydrogens (tertiary/aromatic N) is 1. The number of anilines is 1. The smallest absolute Gasteiger partial charge is 0.243 e. The van der Waals surface area contributed by atoms with E-state index in [4.69, 9.17) is 11.6 Å². The van der Waals surface area contributed by atoms with Gasteiger partial charge in [0.15, 0.2) is 0 Å². The van der Waals surface area contributed by atoms with E-state index in [1.165, 1.54) is 16.4 Å². The zero-order valence-corrected chi connectivity index (χ0v) is 15.8. The number of sulfonamides is 1. The highest BCUT2D eigenvalue weighted by molar-refractivity contribution is 7.89. The number of rotatable bonds is 7. The van der Waals surface area contributed by atoms with Gasteiger partial charge in [-0.05, 0) is 43.2 Å². The zero-order valence-electron chi connectivity index (χ0n) is 14.2. The molecule has 2 rings (SSSR count). The predicted octanol–water partition coefficient (Wildman–Crippen LogP) is 3.69. The van der Waals surface area contributed by atoms with Crippen LogP contribution in [0.1, 0.15) is 18.9 Å². The molecule has 7 heteroatoms. The van der Waals surface area contributed by atoms with Gasteiger partial charge in [-0.2, -0.15) is 4.31 Å². The number of para-hydroxylation sites is 1. The monoisotopic (exact) mass is 380 g/mol. The first-order valence-corrected chi connectivity index (χ1v) is 9.77. The van der Waals surface area contributed by atoms with Crippen molar-refractivity contribution in [3.05, 3.63) is 59.1 Å². The van der Waals surface area contributed by atoms with Gasteiger partial charge in [0.05, 0.1) is 11.4 Å². The van der Waals surface area contributed by atoms with Crippen molar-refractivity contribution in [2.24, 2.45) is 0 Å². The quantitative estimate of drug-likeness (QED) is 0.796. The summed E-state index contributed by atoms with van der Waals surface area (Å²) in [6.07, 6.45) is 0.595. The Morgan fingerprint density at radius 2 is 1.88 bits per heavy atom. The molecule has 0 aliphatic rings. The maximum Gasteiger partial charge on any atom is 0.243 e. The number of amides is 1. The molecule has 134 valence electrons. The van der Waals surface area contributed by atoms with Crippen molar-refractivity contribution in [1.82, 2.24) is 4.31 Å². The van der Waals surface area contributed by atoms with Gasteiger partial charge in [-0.3, -0.25) is 4.79 Å². The number of aryl methyl sites for hydroxylation is 1. The molecule has 0 aromatic heterocycles. The third-order valence-electron chi connectivity index (χ3n) is 3.65. The van der Waals surface area contributed by atoms with E-state index in [1.807, 2.05) is 32.0 Å². The number of carbonyl (C=O) groups is 1. The van der Waals surface area contributed by atoms with E-state index in [2.05, 4.69) is 5.32 Å². The van der Waals surface area contributed by atoms with E-state index in [0.29, 0.717) is 17.1 Å². The molecule has 1 N–H and O–H groups in total. The Morgan fingerprint density at radius 1 is 1.16 bits per heavy atom. The van der Waals surface area contributed by atoms with Crippen LogP contribution in [0.3, 0.4) is 0 Å². The molecule has 0 radical (unpaired) electrons. The molecule has 0 aliphatic heterocycles. The topological polar surface area (TPSA) is 66.5 Å². The molecule has 0 saturated carbocycles. The molecule has 0 saturated heterocycles. The average Bonchev–Trinajstić information content (AvgIpc) is 2.56. The molecule has 0 unspecified atom stereocenters. The van der Waals surface area contributed by atoms with E-state index in [9.17, 15) is 13.2 Å². The summed E-state index contributed by atoms with van der Waals surface area (Å²) in [6, 6.07) is 13.4. The van der Waals surface area contributed by atoms with Gasteiger partial charge in [0, 0.05) is 17.3 Å². The van der Waals surface area contributed by atoms with Crippen LogP contribution < -0.4 is 5.32 Å². The standard InChI is InChI=1S/C18H21ClN2O3S/c1-3-11-21(25(23,24)16-9-6-8-15(19)12-16)13-18(22)20-17-10-5-4-7-14(17)2/h4-10,12H,3,11,13H2,1-2H3,(H,20,22). The number of nitrogens with one attached hydrogen (secondary N) is 1. The Morgan fingerprint density at radius 3 is 2.52 bits per heavy atom. The highest BCUT2D eigenvalue weighted by atomic mass is 35.5. The second-order valence-electron chi connectivity index (χ2n) is 5.66. The van der Waals surface area contributed by atoms with Crippen LogP contribution in [0.2, 0.25) is 5.02 Å². The van der Waals surface area contributed by atoms with Crippen molar-refractivity contribution < 1.29 is 13.2 Å². The summed E-state index contributed by atoms with van der Waals surface area (Å²) in [5.41, 5.74) is 1.58. The van der Waals surface area contributed by atoms with Crippen molar-refractivity contribution >= 4 is 33.2 Å². The Kier molecular flexibility index (Phi) is 6.58. The summed E-state index contributed by atoms with van der Waals surface area (Å²) in [4.78, 5) is 12.4. The first-order valence-electron chi connectivity index (χ1n) is 7.95. The number of benzene rings is 2. The normalized spacial score (nSPS) is 11.5. The Hall–Kier alpha value is -1.89. The van der Waals surface area contributed by atoms with E-state index in [0.717, 1.165) is 5.56 Å². The fourth-order valence-corrected chi connectivity index (χ4v) is 4.16. The van der Waals surface area contributed by atoms with E-state index < -0.39 is 10.0 Å². The van der Waals surface area contributed by atoms with Crippen molar-refractivity contribution in [1.29, 1.82) is 0 Å². The second kappa shape index (κ2) is 8.47. The second-order valence-corrected chi connectivity index (χ2v) is 8.03. The first kappa shape index (κ1) is 19.4. The van der Waals surface area contributed by atoms with E-state index in [1.54, 1.807) is 18.2 Å². The van der Waals surface area contributed by atoms with Crippen LogP contribution in [0, 0.1) is 6.92 Å². The average molecular weight is 381 g/mol. The zero-order chi connectivity index (χ0) is 18.4. The van der Waals surface area contributed by atoms with Gasteiger partial charge in [0.2, 0.25) is 15.9 Å². The lowest BCUT2D eigenvalue weighted by Gasteiger charge is -2.21. The third-order valence-corrected chi connectivity index (χ3v) is 5.72. The van der Waals surface area contributed by atoms with Crippen LogP contribution >= 0.6 is 11.6 Å². The fraction of sp³-hybridized carbons (Fsp3) is 0.278. The Bertz CT molecular complexity index is 853. The fourth-order valence-electron chi connectivity index (χ4n) is 2.37. The molecular weight excluding hydrogens is 360 g/mol. The van der Waals surface area contributed by atoms with E-state index in [-0.39, 0.29) is 23.9 Å². The number of carbonyl (C=O) groups excluding carboxylic acids is 1. The molecule has 2 aromatic rings. The molecule has 0 spiro atoms. The van der Waals surface area contributed by atoms with Gasteiger partial charge in [-0.15, -0.1) is 0 Å². The summed E-state index contributed by atoms with van der Waals surface area (Å²) in [6.45, 7) is 3.73. The van der Waals surface area contributed by atoms with Crippen molar-refractivity contribution in [2.45, 2.75) is 25.2 Å². The minimum atomic E-state index is -3.80. The molecule has 0 aliphatic carbocycles. The minimum Gasteiger partial charge on any atom is -0.325 e.